The fourth-order valence-corrected chi connectivity index (χ4v) is 4.22. The molecule has 1 fully saturated rings. The third-order valence-corrected chi connectivity index (χ3v) is 5.49. The van der Waals surface area contributed by atoms with Gasteiger partial charge in [0.25, 0.3) is 0 Å². The Hall–Kier alpha value is -1.80. The predicted octanol–water partition coefficient (Wildman–Crippen LogP) is 5.58. The normalized spacial score (nSPS) is 22.5. The summed E-state index contributed by atoms with van der Waals surface area (Å²) >= 11 is 0. The maximum Gasteiger partial charge on any atom is 0.0635 e. The van der Waals surface area contributed by atoms with Gasteiger partial charge in [-0.3, -0.25) is 0 Å². The zero-order chi connectivity index (χ0) is 17.8. The zero-order valence-electron chi connectivity index (χ0n) is 15.8. The number of benzene rings is 2. The topological polar surface area (TPSA) is 21.3 Å². The Labute approximate surface area is 152 Å². The van der Waals surface area contributed by atoms with Crippen LogP contribution in [-0.2, 0) is 16.6 Å². The van der Waals surface area contributed by atoms with Gasteiger partial charge in [0.15, 0.2) is 0 Å². The van der Waals surface area contributed by atoms with Crippen molar-refractivity contribution in [2.75, 3.05) is 18.5 Å². The molecule has 0 bridgehead atoms. The van der Waals surface area contributed by atoms with Crippen LogP contribution in [0.4, 0.5) is 5.69 Å². The molecule has 134 valence electrons. The van der Waals surface area contributed by atoms with Crippen LogP contribution in [0.15, 0.2) is 54.6 Å². The molecular formula is C23H31NO. The van der Waals surface area contributed by atoms with E-state index in [9.17, 15) is 0 Å². The van der Waals surface area contributed by atoms with E-state index in [1.54, 1.807) is 0 Å². The summed E-state index contributed by atoms with van der Waals surface area (Å²) in [6.45, 7) is 8.48. The number of nitrogens with one attached hydrogen (secondary N) is 1. The van der Waals surface area contributed by atoms with Gasteiger partial charge < -0.3 is 10.1 Å². The van der Waals surface area contributed by atoms with Crippen molar-refractivity contribution in [1.82, 2.24) is 0 Å². The van der Waals surface area contributed by atoms with Crippen molar-refractivity contribution >= 4 is 5.69 Å². The molecule has 1 unspecified atom stereocenters. The van der Waals surface area contributed by atoms with Crippen molar-refractivity contribution in [3.8, 4) is 0 Å². The van der Waals surface area contributed by atoms with Crippen LogP contribution < -0.4 is 5.32 Å². The minimum Gasteiger partial charge on any atom is -0.385 e. The van der Waals surface area contributed by atoms with Crippen LogP contribution in [0, 0.1) is 0 Å². The fourth-order valence-electron chi connectivity index (χ4n) is 4.22. The van der Waals surface area contributed by atoms with Crippen LogP contribution >= 0.6 is 0 Å². The Balaban J connectivity index is 1.74. The lowest BCUT2D eigenvalue weighted by Crippen LogP contribution is -2.44. The molecule has 0 radical (unpaired) electrons. The summed E-state index contributed by atoms with van der Waals surface area (Å²) in [7, 11) is 0. The first-order chi connectivity index (χ1) is 12.0. The smallest absolute Gasteiger partial charge is 0.0635 e. The minimum absolute atomic E-state index is 0.0593. The lowest BCUT2D eigenvalue weighted by molar-refractivity contribution is -0.0834. The van der Waals surface area contributed by atoms with Gasteiger partial charge in [0.2, 0.25) is 0 Å². The van der Waals surface area contributed by atoms with Gasteiger partial charge in [-0.15, -0.1) is 0 Å². The molecular weight excluding hydrogens is 306 g/mol. The molecule has 25 heavy (non-hydrogen) atoms. The Morgan fingerprint density at radius 3 is 2.56 bits per heavy atom. The van der Waals surface area contributed by atoms with Crippen LogP contribution in [0.2, 0.25) is 0 Å². The van der Waals surface area contributed by atoms with Gasteiger partial charge in [-0.1, -0.05) is 49.4 Å². The fraction of sp³-hybridized carbons (Fsp3) is 0.478. The van der Waals surface area contributed by atoms with Gasteiger partial charge in [0, 0.05) is 24.3 Å². The predicted molar refractivity (Wildman–Crippen MR) is 106 cm³/mol. The Morgan fingerprint density at radius 1 is 1.04 bits per heavy atom. The minimum atomic E-state index is -0.0593. The second-order valence-electron chi connectivity index (χ2n) is 7.91. The van der Waals surface area contributed by atoms with Gasteiger partial charge in [-0.2, -0.15) is 0 Å². The molecule has 1 heterocycles. The summed E-state index contributed by atoms with van der Waals surface area (Å²) in [4.78, 5) is 0. The van der Waals surface area contributed by atoms with E-state index in [2.05, 4.69) is 80.7 Å². The Kier molecular flexibility index (Phi) is 5.48. The first-order valence-corrected chi connectivity index (χ1v) is 9.55. The first-order valence-electron chi connectivity index (χ1n) is 9.55. The molecule has 1 aliphatic heterocycles. The quantitative estimate of drug-likeness (QED) is 0.743. The first kappa shape index (κ1) is 18.0. The van der Waals surface area contributed by atoms with E-state index in [0.29, 0.717) is 0 Å². The Bertz CT molecular complexity index is 680. The zero-order valence-corrected chi connectivity index (χ0v) is 15.8. The highest BCUT2D eigenvalue weighted by atomic mass is 16.5. The summed E-state index contributed by atoms with van der Waals surface area (Å²) < 4.78 is 6.02. The highest BCUT2D eigenvalue weighted by molar-refractivity contribution is 5.45. The van der Waals surface area contributed by atoms with E-state index >= 15 is 0 Å². The second kappa shape index (κ2) is 7.61. The summed E-state index contributed by atoms with van der Waals surface area (Å²) in [5.41, 5.74) is 4.20. The molecule has 3 rings (SSSR count). The van der Waals surface area contributed by atoms with Gasteiger partial charge >= 0.3 is 0 Å². The van der Waals surface area contributed by atoms with Crippen LogP contribution in [-0.4, -0.2) is 18.8 Å². The number of rotatable bonds is 6. The molecule has 1 aliphatic rings. The van der Waals surface area contributed by atoms with Crippen molar-refractivity contribution < 1.29 is 4.74 Å². The molecule has 0 saturated carbocycles. The molecule has 2 heteroatoms. The average Bonchev–Trinajstić information content (AvgIpc) is 2.62. The molecule has 2 nitrogen and oxygen atoms in total. The van der Waals surface area contributed by atoms with Crippen molar-refractivity contribution in [1.29, 1.82) is 0 Å². The molecule has 1 N–H and O–H groups in total. The van der Waals surface area contributed by atoms with Crippen molar-refractivity contribution in [2.45, 2.75) is 57.5 Å². The molecule has 0 spiro atoms. The van der Waals surface area contributed by atoms with E-state index in [-0.39, 0.29) is 11.0 Å². The Morgan fingerprint density at radius 2 is 1.84 bits per heavy atom. The van der Waals surface area contributed by atoms with E-state index in [0.717, 1.165) is 38.8 Å². The number of ether oxygens (including phenoxy) is 1. The van der Waals surface area contributed by atoms with Gasteiger partial charge in [0.1, 0.15) is 0 Å². The van der Waals surface area contributed by atoms with Gasteiger partial charge in [-0.25, -0.2) is 0 Å². The highest BCUT2D eigenvalue weighted by Gasteiger charge is 2.41. The van der Waals surface area contributed by atoms with Crippen molar-refractivity contribution in [3.05, 3.63) is 65.7 Å². The molecule has 0 aromatic heterocycles. The molecule has 1 saturated heterocycles. The maximum atomic E-state index is 6.02. The van der Waals surface area contributed by atoms with Crippen molar-refractivity contribution in [3.63, 3.8) is 0 Å². The SMILES string of the molecule is CCc1cccc(NCCC2(c3ccccc3)CCOC(C)(C)C2)c1. The molecule has 2 aromatic carbocycles. The summed E-state index contributed by atoms with van der Waals surface area (Å²) in [5, 5.41) is 3.65. The van der Waals surface area contributed by atoms with E-state index in [1.807, 2.05) is 0 Å². The lowest BCUT2D eigenvalue weighted by atomic mass is 9.67. The van der Waals surface area contributed by atoms with Crippen LogP contribution in [0.25, 0.3) is 0 Å². The third kappa shape index (κ3) is 4.43. The maximum absolute atomic E-state index is 6.02. The van der Waals surface area contributed by atoms with E-state index in [1.165, 1.54) is 16.8 Å². The number of aryl methyl sites for hydroxylation is 1. The van der Waals surface area contributed by atoms with Crippen molar-refractivity contribution in [2.24, 2.45) is 0 Å². The summed E-state index contributed by atoms with van der Waals surface area (Å²) in [5.74, 6) is 0. The molecule has 1 atom stereocenters. The number of anilines is 1. The summed E-state index contributed by atoms with van der Waals surface area (Å²) in [6, 6.07) is 19.8. The molecule has 0 amide bonds. The largest absolute Gasteiger partial charge is 0.385 e. The summed E-state index contributed by atoms with van der Waals surface area (Å²) in [6.07, 6.45) is 4.37. The van der Waals surface area contributed by atoms with Crippen LogP contribution in [0.1, 0.15) is 51.2 Å². The standard InChI is InChI=1S/C23H31NO/c1-4-19-9-8-12-21(17-19)24-15-13-23(20-10-6-5-7-11-20)14-16-25-22(2,3)18-23/h5-12,17,24H,4,13-16,18H2,1-3H3. The molecule has 0 aliphatic carbocycles. The van der Waals surface area contributed by atoms with Gasteiger partial charge in [0.05, 0.1) is 5.60 Å². The lowest BCUT2D eigenvalue weighted by Gasteiger charge is -2.45. The second-order valence-corrected chi connectivity index (χ2v) is 7.91. The van der Waals surface area contributed by atoms with E-state index in [4.69, 9.17) is 4.74 Å². The van der Waals surface area contributed by atoms with Crippen LogP contribution in [0.3, 0.4) is 0 Å². The monoisotopic (exact) mass is 337 g/mol. The number of hydrogen-bond acceptors (Lipinski definition) is 2. The average molecular weight is 338 g/mol. The highest BCUT2D eigenvalue weighted by Crippen LogP contribution is 2.43. The van der Waals surface area contributed by atoms with E-state index < -0.39 is 0 Å². The van der Waals surface area contributed by atoms with Gasteiger partial charge in [-0.05, 0) is 62.8 Å². The molecule has 2 aromatic rings. The number of hydrogen-bond donors (Lipinski definition) is 1. The van der Waals surface area contributed by atoms with Crippen LogP contribution in [0.5, 0.6) is 0 Å². The third-order valence-electron chi connectivity index (χ3n) is 5.49.